The highest BCUT2D eigenvalue weighted by atomic mass is 16.5. The Hall–Kier alpha value is -2.78. The van der Waals surface area contributed by atoms with Crippen LogP contribution in [0.25, 0.3) is 11.0 Å². The van der Waals surface area contributed by atoms with Gasteiger partial charge in [0.05, 0.1) is 5.39 Å². The van der Waals surface area contributed by atoms with Crippen LogP contribution in [0.5, 0.6) is 5.75 Å². The summed E-state index contributed by atoms with van der Waals surface area (Å²) in [4.78, 5) is 0. The molecule has 6 nitrogen and oxygen atoms in total. The zero-order valence-electron chi connectivity index (χ0n) is 11.3. The maximum atomic E-state index is 9.12. The van der Waals surface area contributed by atoms with Gasteiger partial charge in [0.15, 0.2) is 11.5 Å². The van der Waals surface area contributed by atoms with E-state index in [0.29, 0.717) is 29.4 Å². The molecule has 1 aromatic carbocycles. The van der Waals surface area contributed by atoms with E-state index in [4.69, 9.17) is 23.7 Å². The van der Waals surface area contributed by atoms with Gasteiger partial charge in [0.25, 0.3) is 0 Å². The van der Waals surface area contributed by atoms with Crippen LogP contribution < -0.4 is 4.74 Å². The van der Waals surface area contributed by atoms with Crippen molar-refractivity contribution < 1.29 is 18.4 Å². The van der Waals surface area contributed by atoms with Crippen LogP contribution in [0, 0.1) is 11.3 Å². The lowest BCUT2D eigenvalue weighted by molar-refractivity contribution is 0.155. The first kappa shape index (κ1) is 13.2. The summed E-state index contributed by atoms with van der Waals surface area (Å²) in [5, 5.41) is 13.8. The quantitative estimate of drug-likeness (QED) is 0.716. The van der Waals surface area contributed by atoms with Gasteiger partial charge in [0, 0.05) is 13.2 Å². The third-order valence-corrected chi connectivity index (χ3v) is 2.91. The second kappa shape index (κ2) is 5.69. The van der Waals surface area contributed by atoms with E-state index in [-0.39, 0.29) is 12.4 Å². The molecule has 0 aliphatic heterocycles. The third-order valence-electron chi connectivity index (χ3n) is 2.91. The number of nitriles is 1. The molecule has 21 heavy (non-hydrogen) atoms. The molecular formula is C15H12N2O4. The smallest absolute Gasteiger partial charge is 0.246 e. The standard InChI is InChI=1S/C15H12N2O4/c1-18-9-11-6-10(17-21-11)8-19-15-12-4-2-3-5-13(12)20-14(15)7-16/h2-6H,8-9H2,1H3. The van der Waals surface area contributed by atoms with Crippen LogP contribution in [0.3, 0.4) is 0 Å². The average molecular weight is 284 g/mol. The van der Waals surface area contributed by atoms with Crippen molar-refractivity contribution in [2.75, 3.05) is 7.11 Å². The van der Waals surface area contributed by atoms with Crippen LogP contribution in [-0.4, -0.2) is 12.3 Å². The Morgan fingerprint density at radius 2 is 2.14 bits per heavy atom. The highest BCUT2D eigenvalue weighted by Gasteiger charge is 2.16. The Morgan fingerprint density at radius 1 is 1.29 bits per heavy atom. The molecule has 3 aromatic rings. The van der Waals surface area contributed by atoms with Gasteiger partial charge < -0.3 is 18.4 Å². The van der Waals surface area contributed by atoms with E-state index < -0.39 is 0 Å². The van der Waals surface area contributed by atoms with Crippen molar-refractivity contribution in [2.24, 2.45) is 0 Å². The molecule has 106 valence electrons. The number of rotatable bonds is 5. The molecule has 0 amide bonds. The van der Waals surface area contributed by atoms with Gasteiger partial charge in [-0.2, -0.15) is 5.26 Å². The molecule has 0 radical (unpaired) electrons. The molecule has 2 heterocycles. The topological polar surface area (TPSA) is 81.4 Å². The SMILES string of the molecule is COCc1cc(COc2c(C#N)oc3ccccc23)no1. The maximum Gasteiger partial charge on any atom is 0.246 e. The summed E-state index contributed by atoms with van der Waals surface area (Å²) >= 11 is 0. The van der Waals surface area contributed by atoms with Crippen LogP contribution in [-0.2, 0) is 18.0 Å². The average Bonchev–Trinajstić information content (AvgIpc) is 3.09. The second-order valence-corrected chi connectivity index (χ2v) is 4.37. The fourth-order valence-corrected chi connectivity index (χ4v) is 2.02. The highest BCUT2D eigenvalue weighted by molar-refractivity contribution is 5.86. The highest BCUT2D eigenvalue weighted by Crippen LogP contribution is 2.32. The first-order chi connectivity index (χ1) is 10.3. The first-order valence-corrected chi connectivity index (χ1v) is 6.29. The van der Waals surface area contributed by atoms with Crippen LogP contribution in [0.1, 0.15) is 17.2 Å². The van der Waals surface area contributed by atoms with E-state index in [1.54, 1.807) is 19.2 Å². The zero-order valence-corrected chi connectivity index (χ0v) is 11.3. The van der Waals surface area contributed by atoms with E-state index in [1.165, 1.54) is 0 Å². The molecule has 3 rings (SSSR count). The number of methoxy groups -OCH3 is 1. The van der Waals surface area contributed by atoms with E-state index in [1.807, 2.05) is 24.3 Å². The lowest BCUT2D eigenvalue weighted by Gasteiger charge is -2.01. The number of fused-ring (bicyclic) bond motifs is 1. The van der Waals surface area contributed by atoms with Crippen LogP contribution >= 0.6 is 0 Å². The van der Waals surface area contributed by atoms with Gasteiger partial charge in [-0.15, -0.1) is 0 Å². The molecular weight excluding hydrogens is 272 g/mol. The molecule has 0 bridgehead atoms. The number of nitrogens with zero attached hydrogens (tertiary/aromatic N) is 2. The van der Waals surface area contributed by atoms with Crippen molar-refractivity contribution in [1.29, 1.82) is 5.26 Å². The molecule has 0 N–H and O–H groups in total. The van der Waals surface area contributed by atoms with Gasteiger partial charge in [0.1, 0.15) is 30.6 Å². The van der Waals surface area contributed by atoms with Gasteiger partial charge in [-0.3, -0.25) is 0 Å². The summed E-state index contributed by atoms with van der Waals surface area (Å²) in [6, 6.07) is 11.1. The Bertz CT molecular complexity index is 797. The Morgan fingerprint density at radius 3 is 2.95 bits per heavy atom. The van der Waals surface area contributed by atoms with Crippen LogP contribution in [0.2, 0.25) is 0 Å². The van der Waals surface area contributed by atoms with E-state index >= 15 is 0 Å². The number of aromatic nitrogens is 1. The zero-order chi connectivity index (χ0) is 14.7. The lowest BCUT2D eigenvalue weighted by Crippen LogP contribution is -1.96. The Kier molecular flexibility index (Phi) is 3.58. The molecule has 0 saturated heterocycles. The Balaban J connectivity index is 1.82. The number of benzene rings is 1. The van der Waals surface area contributed by atoms with Crippen molar-refractivity contribution in [3.63, 3.8) is 0 Å². The molecule has 0 atom stereocenters. The largest absolute Gasteiger partial charge is 0.482 e. The number of hydrogen-bond acceptors (Lipinski definition) is 6. The number of ether oxygens (including phenoxy) is 2. The van der Waals surface area contributed by atoms with Crippen molar-refractivity contribution >= 4 is 11.0 Å². The van der Waals surface area contributed by atoms with Gasteiger partial charge in [0.2, 0.25) is 5.76 Å². The summed E-state index contributed by atoms with van der Waals surface area (Å²) in [6.45, 7) is 0.538. The van der Waals surface area contributed by atoms with Gasteiger partial charge in [-0.1, -0.05) is 17.3 Å². The predicted molar refractivity (Wildman–Crippen MR) is 72.5 cm³/mol. The lowest BCUT2D eigenvalue weighted by atomic mass is 10.2. The van der Waals surface area contributed by atoms with E-state index in [0.717, 1.165) is 5.39 Å². The predicted octanol–water partition coefficient (Wildman–Crippen LogP) is 3.02. The summed E-state index contributed by atoms with van der Waals surface area (Å²) in [6.07, 6.45) is 0. The molecule has 0 spiro atoms. The van der Waals surface area contributed by atoms with Crippen molar-refractivity contribution in [1.82, 2.24) is 5.16 Å². The van der Waals surface area contributed by atoms with Gasteiger partial charge in [-0.05, 0) is 12.1 Å². The third kappa shape index (κ3) is 2.59. The van der Waals surface area contributed by atoms with Crippen LogP contribution in [0.15, 0.2) is 39.3 Å². The van der Waals surface area contributed by atoms with E-state index in [2.05, 4.69) is 5.16 Å². The number of furan rings is 1. The molecule has 0 aliphatic rings. The Labute approximate surface area is 120 Å². The second-order valence-electron chi connectivity index (χ2n) is 4.37. The van der Waals surface area contributed by atoms with Crippen molar-refractivity contribution in [2.45, 2.75) is 13.2 Å². The number of hydrogen-bond donors (Lipinski definition) is 0. The van der Waals surface area contributed by atoms with E-state index in [9.17, 15) is 0 Å². The first-order valence-electron chi connectivity index (χ1n) is 6.29. The minimum Gasteiger partial charge on any atom is -0.482 e. The fourth-order valence-electron chi connectivity index (χ4n) is 2.02. The number of para-hydroxylation sites is 1. The molecule has 0 unspecified atom stereocenters. The normalized spacial score (nSPS) is 10.7. The summed E-state index contributed by atoms with van der Waals surface area (Å²) in [5.74, 6) is 1.19. The molecule has 0 fully saturated rings. The molecule has 0 saturated carbocycles. The minimum absolute atomic E-state index is 0.150. The summed E-state index contributed by atoms with van der Waals surface area (Å²) in [7, 11) is 1.58. The molecule has 0 aliphatic carbocycles. The fraction of sp³-hybridized carbons (Fsp3) is 0.200. The molecule has 6 heteroatoms. The summed E-state index contributed by atoms with van der Waals surface area (Å²) < 4.78 is 21.1. The molecule has 2 aromatic heterocycles. The van der Waals surface area contributed by atoms with Gasteiger partial charge in [-0.25, -0.2) is 0 Å². The maximum absolute atomic E-state index is 9.12. The van der Waals surface area contributed by atoms with Gasteiger partial charge >= 0.3 is 0 Å². The van der Waals surface area contributed by atoms with Crippen molar-refractivity contribution in [3.8, 4) is 11.8 Å². The van der Waals surface area contributed by atoms with Crippen LogP contribution in [0.4, 0.5) is 0 Å². The summed E-state index contributed by atoms with van der Waals surface area (Å²) in [5.41, 5.74) is 1.24. The minimum atomic E-state index is 0.150. The van der Waals surface area contributed by atoms with Crippen molar-refractivity contribution in [3.05, 3.63) is 47.5 Å². The monoisotopic (exact) mass is 284 g/mol.